The van der Waals surface area contributed by atoms with Crippen LogP contribution in [0, 0.1) is 12.8 Å². The van der Waals surface area contributed by atoms with Crippen molar-refractivity contribution in [1.29, 1.82) is 0 Å². The lowest BCUT2D eigenvalue weighted by molar-refractivity contribution is -0.121. The summed E-state index contributed by atoms with van der Waals surface area (Å²) in [4.78, 5) is 25.3. The molecule has 1 N–H and O–H groups in total. The number of fused-ring (bicyclic) bond motifs is 2. The maximum absolute atomic E-state index is 12.2. The second-order valence-electron chi connectivity index (χ2n) is 8.63. The molecule has 0 spiro atoms. The number of ether oxygens (including phenoxy) is 1. The molecule has 0 unspecified atom stereocenters. The minimum atomic E-state index is 0.00523. The van der Waals surface area contributed by atoms with Gasteiger partial charge in [0.25, 0.3) is 0 Å². The molecule has 0 atom stereocenters. The summed E-state index contributed by atoms with van der Waals surface area (Å²) < 4.78 is 8.03. The maximum Gasteiger partial charge on any atom is 0.141 e. The van der Waals surface area contributed by atoms with E-state index in [1.807, 2.05) is 86.1 Å². The third kappa shape index (κ3) is 4.45. The van der Waals surface area contributed by atoms with Crippen LogP contribution in [0.4, 0.5) is 11.5 Å². The van der Waals surface area contributed by atoms with Crippen LogP contribution in [0.25, 0.3) is 16.6 Å². The van der Waals surface area contributed by atoms with Crippen LogP contribution >= 0.6 is 0 Å². The largest absolute Gasteiger partial charge is 0.457 e. The fraction of sp³-hybridized carbons (Fsp3) is 0.185. The van der Waals surface area contributed by atoms with E-state index in [1.165, 1.54) is 0 Å². The van der Waals surface area contributed by atoms with Crippen molar-refractivity contribution in [2.75, 3.05) is 5.32 Å². The molecule has 0 aliphatic heterocycles. The Kier molecular flexibility index (Phi) is 5.67. The zero-order valence-electron chi connectivity index (χ0n) is 19.3. The Balaban J connectivity index is 1.38. The highest BCUT2D eigenvalue weighted by molar-refractivity contribution is 5.92. The standard InChI is InChI=1S/C27H25N5O2/c1-17(2)24(33)14-19-4-6-23-22(13-19)27(30-16-29-23)31-20-5-7-25(18(3)12-20)34-21-8-10-32-11-9-28-26(32)15-21/h4-13,15-17H,14H2,1-3H3,(H,29,30,31). The summed E-state index contributed by atoms with van der Waals surface area (Å²) >= 11 is 0. The van der Waals surface area contributed by atoms with Gasteiger partial charge in [0.1, 0.15) is 35.1 Å². The van der Waals surface area contributed by atoms with Crippen LogP contribution in [0.5, 0.6) is 11.5 Å². The molecule has 7 nitrogen and oxygen atoms in total. The highest BCUT2D eigenvalue weighted by atomic mass is 16.5. The van der Waals surface area contributed by atoms with Gasteiger partial charge in [-0.1, -0.05) is 19.9 Å². The number of carbonyl (C=O) groups is 1. The van der Waals surface area contributed by atoms with E-state index in [-0.39, 0.29) is 11.7 Å². The average Bonchev–Trinajstić information content (AvgIpc) is 3.29. The number of carbonyl (C=O) groups excluding carboxylic acids is 1. The van der Waals surface area contributed by atoms with Gasteiger partial charge in [-0.15, -0.1) is 0 Å². The number of nitrogens with one attached hydrogen (secondary N) is 1. The van der Waals surface area contributed by atoms with Crippen LogP contribution in [0.15, 0.2) is 73.4 Å². The van der Waals surface area contributed by atoms with E-state index in [4.69, 9.17) is 4.74 Å². The van der Waals surface area contributed by atoms with Crippen molar-refractivity contribution in [1.82, 2.24) is 19.4 Å². The first-order valence-electron chi connectivity index (χ1n) is 11.2. The number of hydrogen-bond acceptors (Lipinski definition) is 6. The number of Topliss-reactive ketones (excluding diaryl/α,β-unsaturated/α-hetero) is 1. The summed E-state index contributed by atoms with van der Waals surface area (Å²) in [6.07, 6.45) is 7.52. The van der Waals surface area contributed by atoms with Gasteiger partial charge in [0, 0.05) is 48.1 Å². The minimum absolute atomic E-state index is 0.00523. The van der Waals surface area contributed by atoms with Crippen molar-refractivity contribution in [3.05, 3.63) is 84.6 Å². The summed E-state index contributed by atoms with van der Waals surface area (Å²) in [6, 6.07) is 15.6. The first-order chi connectivity index (χ1) is 16.5. The van der Waals surface area contributed by atoms with Crippen LogP contribution in [-0.4, -0.2) is 25.1 Å². The third-order valence-electron chi connectivity index (χ3n) is 5.76. The summed E-state index contributed by atoms with van der Waals surface area (Å²) in [6.45, 7) is 5.85. The number of imidazole rings is 1. The molecule has 3 heterocycles. The first kappa shape index (κ1) is 21.6. The van der Waals surface area contributed by atoms with Crippen molar-refractivity contribution in [2.45, 2.75) is 27.2 Å². The number of nitrogens with zero attached hydrogens (tertiary/aromatic N) is 4. The van der Waals surface area contributed by atoms with Gasteiger partial charge in [0.05, 0.1) is 5.52 Å². The third-order valence-corrected chi connectivity index (χ3v) is 5.76. The fourth-order valence-corrected chi connectivity index (χ4v) is 3.78. The Morgan fingerprint density at radius 3 is 2.74 bits per heavy atom. The maximum atomic E-state index is 12.2. The predicted molar refractivity (Wildman–Crippen MR) is 133 cm³/mol. The van der Waals surface area contributed by atoms with Crippen LogP contribution in [0.2, 0.25) is 0 Å². The molecular formula is C27H25N5O2. The van der Waals surface area contributed by atoms with Crippen LogP contribution < -0.4 is 10.1 Å². The molecule has 0 aliphatic rings. The van der Waals surface area contributed by atoms with E-state index in [9.17, 15) is 4.79 Å². The Morgan fingerprint density at radius 2 is 1.91 bits per heavy atom. The number of benzene rings is 2. The van der Waals surface area contributed by atoms with E-state index in [1.54, 1.807) is 12.5 Å². The topological polar surface area (TPSA) is 81.4 Å². The lowest BCUT2D eigenvalue weighted by Crippen LogP contribution is -2.10. The molecule has 0 bridgehead atoms. The summed E-state index contributed by atoms with van der Waals surface area (Å²) in [7, 11) is 0. The molecule has 0 radical (unpaired) electrons. The second kappa shape index (κ2) is 8.94. The van der Waals surface area contributed by atoms with Crippen LogP contribution in [0.3, 0.4) is 0 Å². The number of hydrogen-bond donors (Lipinski definition) is 1. The normalized spacial score (nSPS) is 11.3. The average molecular weight is 452 g/mol. The quantitative estimate of drug-likeness (QED) is 0.332. The smallest absolute Gasteiger partial charge is 0.141 e. The summed E-state index contributed by atoms with van der Waals surface area (Å²) in [5, 5.41) is 4.28. The molecule has 5 aromatic rings. The summed E-state index contributed by atoms with van der Waals surface area (Å²) in [5.41, 5.74) is 4.48. The molecule has 7 heteroatoms. The molecule has 0 aliphatic carbocycles. The highest BCUT2D eigenvalue weighted by Crippen LogP contribution is 2.30. The Hall–Kier alpha value is -4.26. The van der Waals surface area contributed by atoms with E-state index in [0.717, 1.165) is 44.9 Å². The number of anilines is 2. The van der Waals surface area contributed by atoms with Crippen molar-refractivity contribution >= 4 is 33.8 Å². The molecule has 2 aromatic carbocycles. The number of pyridine rings is 1. The lowest BCUT2D eigenvalue weighted by Gasteiger charge is -2.13. The minimum Gasteiger partial charge on any atom is -0.457 e. The molecule has 5 rings (SSSR count). The van der Waals surface area contributed by atoms with Gasteiger partial charge in [0.2, 0.25) is 0 Å². The van der Waals surface area contributed by atoms with Crippen molar-refractivity contribution in [2.24, 2.45) is 5.92 Å². The van der Waals surface area contributed by atoms with Crippen molar-refractivity contribution in [3.63, 3.8) is 0 Å². The number of aryl methyl sites for hydroxylation is 1. The Labute approximate surface area is 197 Å². The van der Waals surface area contributed by atoms with E-state index >= 15 is 0 Å². The number of ketones is 1. The van der Waals surface area contributed by atoms with Gasteiger partial charge in [-0.05, 0) is 54.4 Å². The Morgan fingerprint density at radius 1 is 1.03 bits per heavy atom. The number of rotatable bonds is 7. The monoisotopic (exact) mass is 451 g/mol. The predicted octanol–water partition coefficient (Wildman–Crippen LogP) is 5.89. The van der Waals surface area contributed by atoms with E-state index in [2.05, 4.69) is 20.3 Å². The molecule has 0 fully saturated rings. The van der Waals surface area contributed by atoms with Crippen LogP contribution in [0.1, 0.15) is 25.0 Å². The molecule has 3 aromatic heterocycles. The van der Waals surface area contributed by atoms with Crippen molar-refractivity contribution < 1.29 is 9.53 Å². The Bertz CT molecular complexity index is 1510. The van der Waals surface area contributed by atoms with Crippen molar-refractivity contribution in [3.8, 4) is 11.5 Å². The SMILES string of the molecule is Cc1cc(Nc2ncnc3ccc(CC(=O)C(C)C)cc23)ccc1Oc1ccn2ccnc2c1. The highest BCUT2D eigenvalue weighted by Gasteiger charge is 2.12. The molecule has 34 heavy (non-hydrogen) atoms. The van der Waals surface area contributed by atoms with Gasteiger partial charge in [-0.3, -0.25) is 4.79 Å². The zero-order chi connectivity index (χ0) is 23.7. The fourth-order valence-electron chi connectivity index (χ4n) is 3.78. The lowest BCUT2D eigenvalue weighted by atomic mass is 10.00. The van der Waals surface area contributed by atoms with Gasteiger partial charge >= 0.3 is 0 Å². The van der Waals surface area contributed by atoms with E-state index in [0.29, 0.717) is 12.2 Å². The van der Waals surface area contributed by atoms with Gasteiger partial charge in [-0.2, -0.15) is 0 Å². The number of aromatic nitrogens is 4. The van der Waals surface area contributed by atoms with Gasteiger partial charge in [-0.25, -0.2) is 15.0 Å². The molecule has 0 saturated heterocycles. The van der Waals surface area contributed by atoms with Gasteiger partial charge in [0.15, 0.2) is 0 Å². The van der Waals surface area contributed by atoms with Gasteiger partial charge < -0.3 is 14.5 Å². The van der Waals surface area contributed by atoms with E-state index < -0.39 is 0 Å². The molecule has 0 amide bonds. The second-order valence-corrected chi connectivity index (χ2v) is 8.63. The molecule has 0 saturated carbocycles. The molecular weight excluding hydrogens is 426 g/mol. The molecule has 170 valence electrons. The summed E-state index contributed by atoms with van der Waals surface area (Å²) in [5.74, 6) is 2.41. The zero-order valence-corrected chi connectivity index (χ0v) is 19.3. The first-order valence-corrected chi connectivity index (χ1v) is 11.2. The van der Waals surface area contributed by atoms with Crippen LogP contribution in [-0.2, 0) is 11.2 Å².